The molecule has 0 unspecified atom stereocenters. The van der Waals surface area contributed by atoms with E-state index in [1.165, 1.54) is 29.2 Å². The number of amides is 1. The standard InChI is InChI=1S/C23H16FNO3/c24-17-13-11-16(12-14-17)21(26)19-20(15-7-3-1-4-8-15)25(23(28)22(19)27)18-9-5-2-6-10-18/h1-14,20,26H/t20-/m0/s1. The van der Waals surface area contributed by atoms with Gasteiger partial charge in [0.1, 0.15) is 11.6 Å². The Balaban J connectivity index is 1.94. The number of para-hydroxylation sites is 1. The van der Waals surface area contributed by atoms with Crippen molar-refractivity contribution in [2.75, 3.05) is 4.90 Å². The number of carbonyl (C=O) groups is 2. The fourth-order valence-corrected chi connectivity index (χ4v) is 3.40. The minimum Gasteiger partial charge on any atom is -0.507 e. The van der Waals surface area contributed by atoms with Gasteiger partial charge < -0.3 is 5.11 Å². The van der Waals surface area contributed by atoms with E-state index in [1.54, 1.807) is 48.5 Å². The highest BCUT2D eigenvalue weighted by Gasteiger charge is 2.46. The lowest BCUT2D eigenvalue weighted by atomic mass is 9.95. The average Bonchev–Trinajstić information content (AvgIpc) is 3.00. The largest absolute Gasteiger partial charge is 0.507 e. The van der Waals surface area contributed by atoms with Crippen LogP contribution in [0.2, 0.25) is 0 Å². The first-order valence-electron chi connectivity index (χ1n) is 8.75. The molecule has 0 spiro atoms. The van der Waals surface area contributed by atoms with Gasteiger partial charge in [0.05, 0.1) is 11.6 Å². The van der Waals surface area contributed by atoms with Crippen molar-refractivity contribution in [3.8, 4) is 0 Å². The Morgan fingerprint density at radius 3 is 2.00 bits per heavy atom. The number of halogens is 1. The molecule has 5 heteroatoms. The van der Waals surface area contributed by atoms with Crippen molar-refractivity contribution in [3.63, 3.8) is 0 Å². The van der Waals surface area contributed by atoms with E-state index < -0.39 is 23.5 Å². The molecule has 28 heavy (non-hydrogen) atoms. The second-order valence-corrected chi connectivity index (χ2v) is 6.42. The first-order valence-corrected chi connectivity index (χ1v) is 8.75. The van der Waals surface area contributed by atoms with Gasteiger partial charge in [-0.2, -0.15) is 0 Å². The Kier molecular flexibility index (Phi) is 4.49. The summed E-state index contributed by atoms with van der Waals surface area (Å²) in [6.07, 6.45) is 0. The minimum absolute atomic E-state index is 0.0216. The van der Waals surface area contributed by atoms with Crippen LogP contribution in [0.15, 0.2) is 90.5 Å². The maximum Gasteiger partial charge on any atom is 0.300 e. The van der Waals surface area contributed by atoms with Crippen LogP contribution in [-0.2, 0) is 9.59 Å². The van der Waals surface area contributed by atoms with Crippen molar-refractivity contribution >= 4 is 23.1 Å². The molecule has 3 aromatic rings. The van der Waals surface area contributed by atoms with E-state index in [0.29, 0.717) is 11.3 Å². The predicted molar refractivity (Wildman–Crippen MR) is 104 cm³/mol. The van der Waals surface area contributed by atoms with Crippen molar-refractivity contribution in [1.82, 2.24) is 0 Å². The van der Waals surface area contributed by atoms with Crippen LogP contribution in [0.5, 0.6) is 0 Å². The van der Waals surface area contributed by atoms with Crippen molar-refractivity contribution in [1.29, 1.82) is 0 Å². The molecule has 1 N–H and O–H groups in total. The zero-order valence-corrected chi connectivity index (χ0v) is 14.7. The zero-order valence-electron chi connectivity index (χ0n) is 14.7. The third kappa shape index (κ3) is 2.97. The number of hydrogen-bond acceptors (Lipinski definition) is 3. The minimum atomic E-state index is -0.784. The lowest BCUT2D eigenvalue weighted by molar-refractivity contribution is -0.132. The Hall–Kier alpha value is -3.73. The van der Waals surface area contributed by atoms with Gasteiger partial charge in [0.2, 0.25) is 0 Å². The molecule has 3 aromatic carbocycles. The van der Waals surface area contributed by atoms with Crippen LogP contribution in [-0.4, -0.2) is 16.8 Å². The van der Waals surface area contributed by atoms with Gasteiger partial charge in [-0.05, 0) is 42.0 Å². The molecule has 1 amide bonds. The lowest BCUT2D eigenvalue weighted by Crippen LogP contribution is -2.29. The van der Waals surface area contributed by atoms with Gasteiger partial charge >= 0.3 is 0 Å². The normalized spacial score (nSPS) is 18.5. The smallest absolute Gasteiger partial charge is 0.300 e. The highest BCUT2D eigenvalue weighted by Crippen LogP contribution is 2.41. The molecular formula is C23H16FNO3. The number of aliphatic hydroxyl groups excluding tert-OH is 1. The Morgan fingerprint density at radius 2 is 1.39 bits per heavy atom. The first kappa shape index (κ1) is 17.7. The van der Waals surface area contributed by atoms with Crippen molar-refractivity contribution in [2.45, 2.75) is 6.04 Å². The maximum atomic E-state index is 13.3. The highest BCUT2D eigenvalue weighted by atomic mass is 19.1. The quantitative estimate of drug-likeness (QED) is 0.419. The summed E-state index contributed by atoms with van der Waals surface area (Å²) >= 11 is 0. The third-order valence-electron chi connectivity index (χ3n) is 4.71. The van der Waals surface area contributed by atoms with Gasteiger partial charge in [-0.25, -0.2) is 4.39 Å². The fourth-order valence-electron chi connectivity index (χ4n) is 3.40. The van der Waals surface area contributed by atoms with Crippen molar-refractivity contribution in [3.05, 3.63) is 107 Å². The van der Waals surface area contributed by atoms with Gasteiger partial charge in [-0.15, -0.1) is 0 Å². The summed E-state index contributed by atoms with van der Waals surface area (Å²) < 4.78 is 13.3. The van der Waals surface area contributed by atoms with Crippen LogP contribution < -0.4 is 4.90 Å². The highest BCUT2D eigenvalue weighted by molar-refractivity contribution is 6.51. The summed E-state index contributed by atoms with van der Waals surface area (Å²) in [6, 6.07) is 22.2. The van der Waals surface area contributed by atoms with Crippen molar-refractivity contribution < 1.29 is 19.1 Å². The number of hydrogen-bond donors (Lipinski definition) is 1. The van der Waals surface area contributed by atoms with Crippen LogP contribution >= 0.6 is 0 Å². The van der Waals surface area contributed by atoms with Gasteiger partial charge in [0, 0.05) is 11.3 Å². The molecule has 0 aliphatic carbocycles. The van der Waals surface area contributed by atoms with Crippen LogP contribution in [0, 0.1) is 5.82 Å². The molecule has 1 aliphatic heterocycles. The summed E-state index contributed by atoms with van der Waals surface area (Å²) in [5.74, 6) is -2.28. The van der Waals surface area contributed by atoms with Crippen molar-refractivity contribution in [2.24, 2.45) is 0 Å². The third-order valence-corrected chi connectivity index (χ3v) is 4.71. The Labute approximate surface area is 161 Å². The number of aliphatic hydroxyl groups is 1. The molecule has 0 aromatic heterocycles. The maximum absolute atomic E-state index is 13.3. The van der Waals surface area contributed by atoms with E-state index in [-0.39, 0.29) is 16.9 Å². The predicted octanol–water partition coefficient (Wildman–Crippen LogP) is 4.45. The molecule has 0 bridgehead atoms. The molecule has 4 nitrogen and oxygen atoms in total. The second kappa shape index (κ2) is 7.12. The summed E-state index contributed by atoms with van der Waals surface area (Å²) in [7, 11) is 0. The van der Waals surface area contributed by atoms with Gasteiger partial charge in [0.25, 0.3) is 11.7 Å². The zero-order chi connectivity index (χ0) is 19.7. The van der Waals surface area contributed by atoms with E-state index in [9.17, 15) is 19.1 Å². The fraction of sp³-hybridized carbons (Fsp3) is 0.0435. The molecule has 0 saturated carbocycles. The molecule has 0 radical (unpaired) electrons. The number of anilines is 1. The molecule has 1 fully saturated rings. The first-order chi connectivity index (χ1) is 13.6. The molecule has 4 rings (SSSR count). The van der Waals surface area contributed by atoms with E-state index in [2.05, 4.69) is 0 Å². The van der Waals surface area contributed by atoms with Gasteiger partial charge in [-0.3, -0.25) is 14.5 Å². The lowest BCUT2D eigenvalue weighted by Gasteiger charge is -2.25. The number of nitrogens with zero attached hydrogens (tertiary/aromatic N) is 1. The number of ketones is 1. The number of Topliss-reactive ketones (excluding diaryl/α,β-unsaturated/α-hetero) is 1. The number of benzene rings is 3. The van der Waals surface area contributed by atoms with E-state index in [4.69, 9.17) is 0 Å². The van der Waals surface area contributed by atoms with Gasteiger partial charge in [-0.1, -0.05) is 48.5 Å². The van der Waals surface area contributed by atoms with Gasteiger partial charge in [0.15, 0.2) is 0 Å². The Morgan fingerprint density at radius 1 is 0.821 bits per heavy atom. The second-order valence-electron chi connectivity index (χ2n) is 6.42. The summed E-state index contributed by atoms with van der Waals surface area (Å²) in [5, 5.41) is 10.9. The summed E-state index contributed by atoms with van der Waals surface area (Å²) in [4.78, 5) is 27.1. The van der Waals surface area contributed by atoms with Crippen LogP contribution in [0.4, 0.5) is 10.1 Å². The van der Waals surface area contributed by atoms with Crippen LogP contribution in [0.1, 0.15) is 17.2 Å². The topological polar surface area (TPSA) is 57.6 Å². The molecule has 1 aliphatic rings. The van der Waals surface area contributed by atoms with Crippen LogP contribution in [0.3, 0.4) is 0 Å². The SMILES string of the molecule is O=C1C(=O)N(c2ccccc2)[C@@H](c2ccccc2)C1=C(O)c1ccc(F)cc1. The molecule has 1 saturated heterocycles. The van der Waals surface area contributed by atoms with E-state index >= 15 is 0 Å². The number of carbonyl (C=O) groups excluding carboxylic acids is 2. The molecule has 138 valence electrons. The average molecular weight is 373 g/mol. The number of rotatable bonds is 3. The molecule has 1 atom stereocenters. The summed E-state index contributed by atoms with van der Waals surface area (Å²) in [6.45, 7) is 0. The molecular weight excluding hydrogens is 357 g/mol. The van der Waals surface area contributed by atoms with E-state index in [0.717, 1.165) is 0 Å². The Bertz CT molecular complexity index is 1060. The summed E-state index contributed by atoms with van der Waals surface area (Å²) in [5.41, 5.74) is 1.49. The van der Waals surface area contributed by atoms with Crippen LogP contribution in [0.25, 0.3) is 5.76 Å². The van der Waals surface area contributed by atoms with E-state index in [1.807, 2.05) is 12.1 Å². The molecule has 1 heterocycles. The monoisotopic (exact) mass is 373 g/mol.